The van der Waals surface area contributed by atoms with Gasteiger partial charge in [0.25, 0.3) is 0 Å². The first-order valence-electron chi connectivity index (χ1n) is 4.99. The van der Waals surface area contributed by atoms with Crippen molar-refractivity contribution < 1.29 is 14.3 Å². The standard InChI is InChI=1S/C11H13N3O3/c1-16-10-4-3-8(7-11(10)17-2)9(15)5-6-13-14-12/h3-4,7H,5-6H2,1-2H3. The Morgan fingerprint density at radius 1 is 1.35 bits per heavy atom. The fourth-order valence-electron chi connectivity index (χ4n) is 1.35. The van der Waals surface area contributed by atoms with E-state index in [2.05, 4.69) is 10.0 Å². The van der Waals surface area contributed by atoms with Gasteiger partial charge in [0, 0.05) is 23.4 Å². The molecule has 90 valence electrons. The molecule has 0 radical (unpaired) electrons. The Bertz CT molecular complexity index is 453. The van der Waals surface area contributed by atoms with Gasteiger partial charge >= 0.3 is 0 Å². The van der Waals surface area contributed by atoms with E-state index in [0.29, 0.717) is 17.1 Å². The largest absolute Gasteiger partial charge is 0.493 e. The van der Waals surface area contributed by atoms with Crippen LogP contribution in [0, 0.1) is 0 Å². The molecular weight excluding hydrogens is 222 g/mol. The van der Waals surface area contributed by atoms with Crippen LogP contribution in [0.3, 0.4) is 0 Å². The number of ketones is 1. The number of carbonyl (C=O) groups excluding carboxylic acids is 1. The molecule has 0 saturated carbocycles. The summed E-state index contributed by atoms with van der Waals surface area (Å²) in [6.07, 6.45) is 0.180. The summed E-state index contributed by atoms with van der Waals surface area (Å²) in [4.78, 5) is 14.3. The molecule has 17 heavy (non-hydrogen) atoms. The summed E-state index contributed by atoms with van der Waals surface area (Å²) in [5, 5.41) is 3.32. The fraction of sp³-hybridized carbons (Fsp3) is 0.364. The zero-order valence-electron chi connectivity index (χ0n) is 9.71. The van der Waals surface area contributed by atoms with E-state index >= 15 is 0 Å². The highest BCUT2D eigenvalue weighted by molar-refractivity contribution is 5.96. The molecule has 1 aromatic rings. The van der Waals surface area contributed by atoms with E-state index in [-0.39, 0.29) is 18.7 Å². The van der Waals surface area contributed by atoms with Crippen molar-refractivity contribution in [1.29, 1.82) is 0 Å². The predicted molar refractivity (Wildman–Crippen MR) is 62.5 cm³/mol. The lowest BCUT2D eigenvalue weighted by atomic mass is 10.1. The minimum atomic E-state index is -0.0987. The number of ether oxygens (including phenoxy) is 2. The molecule has 0 fully saturated rings. The third-order valence-electron chi connectivity index (χ3n) is 2.21. The molecule has 0 aliphatic carbocycles. The molecule has 0 aliphatic heterocycles. The second kappa shape index (κ2) is 6.40. The molecule has 1 aromatic carbocycles. The van der Waals surface area contributed by atoms with Gasteiger partial charge in [-0.1, -0.05) is 5.11 Å². The van der Waals surface area contributed by atoms with Crippen LogP contribution in [-0.2, 0) is 0 Å². The summed E-state index contributed by atoms with van der Waals surface area (Å²) >= 11 is 0. The van der Waals surface area contributed by atoms with E-state index in [9.17, 15) is 4.79 Å². The Kier molecular flexibility index (Phi) is 4.84. The molecule has 0 bridgehead atoms. The molecule has 6 heteroatoms. The van der Waals surface area contributed by atoms with Crippen LogP contribution in [0.1, 0.15) is 16.8 Å². The number of benzene rings is 1. The van der Waals surface area contributed by atoms with Crippen LogP contribution >= 0.6 is 0 Å². The van der Waals surface area contributed by atoms with Gasteiger partial charge in [0.05, 0.1) is 14.2 Å². The van der Waals surface area contributed by atoms with Crippen LogP contribution in [0.4, 0.5) is 0 Å². The highest BCUT2D eigenvalue weighted by atomic mass is 16.5. The number of methoxy groups -OCH3 is 2. The van der Waals surface area contributed by atoms with Gasteiger partial charge in [0.15, 0.2) is 17.3 Å². The van der Waals surface area contributed by atoms with Gasteiger partial charge in [-0.15, -0.1) is 0 Å². The van der Waals surface area contributed by atoms with E-state index in [4.69, 9.17) is 15.0 Å². The Morgan fingerprint density at radius 2 is 2.06 bits per heavy atom. The zero-order valence-corrected chi connectivity index (χ0v) is 9.71. The maximum Gasteiger partial charge on any atom is 0.163 e. The van der Waals surface area contributed by atoms with E-state index in [1.54, 1.807) is 18.2 Å². The first-order chi connectivity index (χ1) is 8.22. The lowest BCUT2D eigenvalue weighted by Gasteiger charge is -2.08. The van der Waals surface area contributed by atoms with Crippen LogP contribution < -0.4 is 9.47 Å². The highest BCUT2D eigenvalue weighted by Gasteiger charge is 2.09. The number of Topliss-reactive ketones (excluding diaryl/α,β-unsaturated/α-hetero) is 1. The lowest BCUT2D eigenvalue weighted by Crippen LogP contribution is -2.02. The molecule has 0 unspecified atom stereocenters. The summed E-state index contributed by atoms with van der Waals surface area (Å²) in [6.45, 7) is 0.156. The smallest absolute Gasteiger partial charge is 0.163 e. The average molecular weight is 235 g/mol. The van der Waals surface area contributed by atoms with Crippen molar-refractivity contribution in [2.24, 2.45) is 5.11 Å². The lowest BCUT2D eigenvalue weighted by molar-refractivity contribution is 0.0985. The Hall–Kier alpha value is -2.20. The van der Waals surface area contributed by atoms with Crippen molar-refractivity contribution in [2.45, 2.75) is 6.42 Å². The van der Waals surface area contributed by atoms with Crippen molar-refractivity contribution in [3.05, 3.63) is 34.2 Å². The molecule has 0 amide bonds. The first kappa shape index (κ1) is 12.9. The number of rotatable bonds is 6. The highest BCUT2D eigenvalue weighted by Crippen LogP contribution is 2.27. The van der Waals surface area contributed by atoms with Crippen molar-refractivity contribution in [3.8, 4) is 11.5 Å². The molecular formula is C11H13N3O3. The molecule has 0 atom stereocenters. The summed E-state index contributed by atoms with van der Waals surface area (Å²) < 4.78 is 10.2. The quantitative estimate of drug-likeness (QED) is 0.328. The van der Waals surface area contributed by atoms with Gasteiger partial charge < -0.3 is 9.47 Å². The van der Waals surface area contributed by atoms with Gasteiger partial charge in [-0.2, -0.15) is 0 Å². The maximum absolute atomic E-state index is 11.7. The molecule has 0 heterocycles. The summed E-state index contributed by atoms with van der Waals surface area (Å²) in [5.74, 6) is 0.972. The minimum absolute atomic E-state index is 0.0987. The van der Waals surface area contributed by atoms with Gasteiger partial charge in [0.1, 0.15) is 0 Å². The molecule has 0 aromatic heterocycles. The first-order valence-corrected chi connectivity index (χ1v) is 4.99. The number of nitrogens with zero attached hydrogens (tertiary/aromatic N) is 3. The number of hydrogen-bond donors (Lipinski definition) is 0. The van der Waals surface area contributed by atoms with Crippen LogP contribution in [0.2, 0.25) is 0 Å². The van der Waals surface area contributed by atoms with Crippen molar-refractivity contribution >= 4 is 5.78 Å². The molecule has 6 nitrogen and oxygen atoms in total. The monoisotopic (exact) mass is 235 g/mol. The van der Waals surface area contributed by atoms with E-state index in [1.165, 1.54) is 14.2 Å². The second-order valence-electron chi connectivity index (χ2n) is 3.20. The summed E-state index contributed by atoms with van der Waals surface area (Å²) in [7, 11) is 3.03. The number of hydrogen-bond acceptors (Lipinski definition) is 4. The molecule has 0 aliphatic rings. The Morgan fingerprint density at radius 3 is 2.65 bits per heavy atom. The van der Waals surface area contributed by atoms with Gasteiger partial charge in [-0.3, -0.25) is 4.79 Å². The van der Waals surface area contributed by atoms with Crippen LogP contribution in [-0.4, -0.2) is 26.5 Å². The number of carbonyl (C=O) groups is 1. The topological polar surface area (TPSA) is 84.3 Å². The SMILES string of the molecule is COc1ccc(C(=O)CCN=[N+]=[N-])cc1OC. The van der Waals surface area contributed by atoms with Gasteiger partial charge in [-0.05, 0) is 23.7 Å². The Balaban J connectivity index is 2.84. The third-order valence-corrected chi connectivity index (χ3v) is 2.21. The molecule has 0 N–H and O–H groups in total. The van der Waals surface area contributed by atoms with E-state index < -0.39 is 0 Å². The maximum atomic E-state index is 11.7. The normalized spacial score (nSPS) is 9.29. The van der Waals surface area contributed by atoms with Crippen molar-refractivity contribution in [2.75, 3.05) is 20.8 Å². The van der Waals surface area contributed by atoms with E-state index in [1.807, 2.05) is 0 Å². The zero-order chi connectivity index (χ0) is 12.7. The number of azide groups is 1. The summed E-state index contributed by atoms with van der Waals surface area (Å²) in [5.41, 5.74) is 8.62. The average Bonchev–Trinajstić information content (AvgIpc) is 2.38. The van der Waals surface area contributed by atoms with Crippen LogP contribution in [0.15, 0.2) is 23.3 Å². The third kappa shape index (κ3) is 3.39. The Labute approximate surface area is 98.8 Å². The van der Waals surface area contributed by atoms with Crippen molar-refractivity contribution in [3.63, 3.8) is 0 Å². The van der Waals surface area contributed by atoms with Crippen LogP contribution in [0.5, 0.6) is 11.5 Å². The van der Waals surface area contributed by atoms with Crippen LogP contribution in [0.25, 0.3) is 10.4 Å². The molecule has 1 rings (SSSR count). The molecule has 0 spiro atoms. The van der Waals surface area contributed by atoms with E-state index in [0.717, 1.165) is 0 Å². The van der Waals surface area contributed by atoms with Gasteiger partial charge in [-0.25, -0.2) is 0 Å². The van der Waals surface area contributed by atoms with Crippen molar-refractivity contribution in [1.82, 2.24) is 0 Å². The second-order valence-corrected chi connectivity index (χ2v) is 3.20. The predicted octanol–water partition coefficient (Wildman–Crippen LogP) is 2.59. The summed E-state index contributed by atoms with van der Waals surface area (Å²) in [6, 6.07) is 4.93. The van der Waals surface area contributed by atoms with Gasteiger partial charge in [0.2, 0.25) is 0 Å². The fourth-order valence-corrected chi connectivity index (χ4v) is 1.35. The minimum Gasteiger partial charge on any atom is -0.493 e. The molecule has 0 saturated heterocycles.